The monoisotopic (exact) mass is 392 g/mol. The summed E-state index contributed by atoms with van der Waals surface area (Å²) < 4.78 is 0. The molecule has 4 nitrogen and oxygen atoms in total. The van der Waals surface area contributed by atoms with Crippen molar-refractivity contribution in [1.82, 2.24) is 0 Å². The van der Waals surface area contributed by atoms with Crippen LogP contribution in [0.15, 0.2) is 36.4 Å². The van der Waals surface area contributed by atoms with Gasteiger partial charge in [0.2, 0.25) is 11.8 Å². The van der Waals surface area contributed by atoms with Crippen LogP contribution in [0.2, 0.25) is 10.0 Å². The highest BCUT2D eigenvalue weighted by molar-refractivity contribution is 6.39. The van der Waals surface area contributed by atoms with Gasteiger partial charge in [-0.2, -0.15) is 0 Å². The normalized spacial score (nSPS) is 10.7. The van der Waals surface area contributed by atoms with Gasteiger partial charge in [-0.05, 0) is 36.1 Å². The number of anilines is 2. The topological polar surface area (TPSA) is 49.4 Å². The third-order valence-corrected chi connectivity index (χ3v) is 4.70. The zero-order valence-corrected chi connectivity index (χ0v) is 16.8. The third-order valence-electron chi connectivity index (χ3n) is 4.07. The summed E-state index contributed by atoms with van der Waals surface area (Å²) in [6.07, 6.45) is 0. The standard InChI is InChI=1S/C20H22Cl2N2O2/c1-12(2)15-8-5-7-13(3)20(15)24(14(4)25)11-18(26)23-19-16(21)9-6-10-17(19)22/h5-10,12H,11H2,1-4H3,(H,23,26). The highest BCUT2D eigenvalue weighted by Crippen LogP contribution is 2.32. The van der Waals surface area contributed by atoms with Crippen LogP contribution in [0.1, 0.15) is 37.8 Å². The molecule has 2 amide bonds. The van der Waals surface area contributed by atoms with Gasteiger partial charge in [-0.25, -0.2) is 0 Å². The molecule has 1 N–H and O–H groups in total. The van der Waals surface area contributed by atoms with E-state index in [1.54, 1.807) is 18.2 Å². The highest BCUT2D eigenvalue weighted by Gasteiger charge is 2.22. The van der Waals surface area contributed by atoms with Crippen molar-refractivity contribution in [3.63, 3.8) is 0 Å². The molecule has 2 rings (SSSR count). The van der Waals surface area contributed by atoms with E-state index >= 15 is 0 Å². The van der Waals surface area contributed by atoms with Crippen LogP contribution in [0.25, 0.3) is 0 Å². The van der Waals surface area contributed by atoms with E-state index in [0.29, 0.717) is 15.7 Å². The molecule has 0 saturated carbocycles. The smallest absolute Gasteiger partial charge is 0.244 e. The van der Waals surface area contributed by atoms with Gasteiger partial charge < -0.3 is 10.2 Å². The highest BCUT2D eigenvalue weighted by atomic mass is 35.5. The molecule has 0 atom stereocenters. The lowest BCUT2D eigenvalue weighted by Gasteiger charge is -2.27. The average Bonchev–Trinajstić information content (AvgIpc) is 2.56. The first-order chi connectivity index (χ1) is 12.2. The van der Waals surface area contributed by atoms with E-state index in [1.807, 2.05) is 25.1 Å². The summed E-state index contributed by atoms with van der Waals surface area (Å²) in [7, 11) is 0. The van der Waals surface area contributed by atoms with Crippen LogP contribution in [-0.4, -0.2) is 18.4 Å². The lowest BCUT2D eigenvalue weighted by atomic mass is 9.97. The van der Waals surface area contributed by atoms with Crippen LogP contribution in [0, 0.1) is 6.92 Å². The number of amides is 2. The number of carbonyl (C=O) groups is 2. The Morgan fingerprint density at radius 2 is 1.65 bits per heavy atom. The number of hydrogen-bond donors (Lipinski definition) is 1. The minimum atomic E-state index is -0.367. The number of nitrogens with one attached hydrogen (secondary N) is 1. The van der Waals surface area contributed by atoms with E-state index in [2.05, 4.69) is 19.2 Å². The fourth-order valence-electron chi connectivity index (χ4n) is 2.80. The first-order valence-corrected chi connectivity index (χ1v) is 9.09. The van der Waals surface area contributed by atoms with Crippen molar-refractivity contribution in [2.75, 3.05) is 16.8 Å². The summed E-state index contributed by atoms with van der Waals surface area (Å²) >= 11 is 12.2. The fraction of sp³-hybridized carbons (Fsp3) is 0.300. The summed E-state index contributed by atoms with van der Waals surface area (Å²) in [5, 5.41) is 3.40. The van der Waals surface area contributed by atoms with Gasteiger partial charge in [0.1, 0.15) is 6.54 Å². The summed E-state index contributed by atoms with van der Waals surface area (Å²) in [5.41, 5.74) is 3.08. The van der Waals surface area contributed by atoms with Crippen molar-refractivity contribution < 1.29 is 9.59 Å². The Kier molecular flexibility index (Phi) is 6.68. The van der Waals surface area contributed by atoms with Crippen molar-refractivity contribution in [3.8, 4) is 0 Å². The van der Waals surface area contributed by atoms with Crippen LogP contribution in [-0.2, 0) is 9.59 Å². The lowest BCUT2D eigenvalue weighted by Crippen LogP contribution is -2.38. The molecule has 0 radical (unpaired) electrons. The zero-order chi connectivity index (χ0) is 19.4. The van der Waals surface area contributed by atoms with Gasteiger partial charge in [0.05, 0.1) is 21.4 Å². The van der Waals surface area contributed by atoms with Gasteiger partial charge in [0.15, 0.2) is 0 Å². The molecule has 0 heterocycles. The Morgan fingerprint density at radius 1 is 1.08 bits per heavy atom. The summed E-state index contributed by atoms with van der Waals surface area (Å²) in [5.74, 6) is -0.359. The number of rotatable bonds is 5. The van der Waals surface area contributed by atoms with Gasteiger partial charge in [-0.1, -0.05) is 61.3 Å². The number of carbonyl (C=O) groups excluding carboxylic acids is 2. The number of nitrogens with zero attached hydrogens (tertiary/aromatic N) is 1. The van der Waals surface area contributed by atoms with Gasteiger partial charge in [0, 0.05) is 6.92 Å². The van der Waals surface area contributed by atoms with Crippen molar-refractivity contribution in [2.45, 2.75) is 33.6 Å². The molecule has 0 aliphatic carbocycles. The Labute approximate surface area is 164 Å². The molecule has 138 valence electrons. The number of para-hydroxylation sites is 2. The molecular formula is C20H22Cl2N2O2. The minimum absolute atomic E-state index is 0.124. The molecule has 2 aromatic carbocycles. The molecule has 0 fully saturated rings. The molecule has 0 spiro atoms. The van der Waals surface area contributed by atoms with Gasteiger partial charge in [0.25, 0.3) is 0 Å². The second-order valence-corrected chi connectivity index (χ2v) is 7.23. The number of aryl methyl sites for hydroxylation is 1. The molecule has 2 aromatic rings. The molecule has 0 aliphatic rings. The van der Waals surface area contributed by atoms with Crippen LogP contribution in [0.4, 0.5) is 11.4 Å². The lowest BCUT2D eigenvalue weighted by molar-refractivity contribution is -0.120. The molecular weight excluding hydrogens is 371 g/mol. The molecule has 26 heavy (non-hydrogen) atoms. The van der Waals surface area contributed by atoms with E-state index in [0.717, 1.165) is 16.8 Å². The van der Waals surface area contributed by atoms with Gasteiger partial charge in [-0.15, -0.1) is 0 Å². The quantitative estimate of drug-likeness (QED) is 0.738. The molecule has 0 aliphatic heterocycles. The Balaban J connectivity index is 2.33. The summed E-state index contributed by atoms with van der Waals surface area (Å²) in [4.78, 5) is 26.4. The first kappa shape index (κ1) is 20.3. The van der Waals surface area contributed by atoms with Gasteiger partial charge >= 0.3 is 0 Å². The Bertz CT molecular complexity index is 814. The third kappa shape index (κ3) is 4.57. The van der Waals surface area contributed by atoms with E-state index in [-0.39, 0.29) is 24.3 Å². The minimum Gasteiger partial charge on any atom is -0.322 e. The van der Waals surface area contributed by atoms with E-state index in [9.17, 15) is 9.59 Å². The maximum Gasteiger partial charge on any atom is 0.244 e. The molecule has 0 unspecified atom stereocenters. The van der Waals surface area contributed by atoms with Crippen LogP contribution in [0.3, 0.4) is 0 Å². The van der Waals surface area contributed by atoms with Crippen molar-refractivity contribution in [2.24, 2.45) is 0 Å². The number of hydrogen-bond acceptors (Lipinski definition) is 2. The maximum absolute atomic E-state index is 12.6. The van der Waals surface area contributed by atoms with Crippen LogP contribution >= 0.6 is 23.2 Å². The molecule has 0 bridgehead atoms. The summed E-state index contributed by atoms with van der Waals surface area (Å²) in [6.45, 7) is 7.37. The number of halogens is 2. The average molecular weight is 393 g/mol. The second kappa shape index (κ2) is 8.56. The molecule has 6 heteroatoms. The second-order valence-electron chi connectivity index (χ2n) is 6.42. The van der Waals surface area contributed by atoms with Crippen molar-refractivity contribution >= 4 is 46.4 Å². The maximum atomic E-state index is 12.6. The Hall–Kier alpha value is -2.04. The van der Waals surface area contributed by atoms with Crippen LogP contribution < -0.4 is 10.2 Å². The fourth-order valence-corrected chi connectivity index (χ4v) is 3.30. The SMILES string of the molecule is CC(=O)N(CC(=O)Nc1c(Cl)cccc1Cl)c1c(C)cccc1C(C)C. The summed E-state index contributed by atoms with van der Waals surface area (Å²) in [6, 6.07) is 10.8. The van der Waals surface area contributed by atoms with Crippen LogP contribution in [0.5, 0.6) is 0 Å². The molecule has 0 aromatic heterocycles. The Morgan fingerprint density at radius 3 is 2.19 bits per heavy atom. The number of benzene rings is 2. The zero-order valence-electron chi connectivity index (χ0n) is 15.3. The predicted molar refractivity (Wildman–Crippen MR) is 108 cm³/mol. The van der Waals surface area contributed by atoms with Crippen molar-refractivity contribution in [1.29, 1.82) is 0 Å². The largest absolute Gasteiger partial charge is 0.322 e. The van der Waals surface area contributed by atoms with Gasteiger partial charge in [-0.3, -0.25) is 9.59 Å². The van der Waals surface area contributed by atoms with E-state index < -0.39 is 0 Å². The first-order valence-electron chi connectivity index (χ1n) is 8.33. The molecule has 0 saturated heterocycles. The van der Waals surface area contributed by atoms with Crippen molar-refractivity contribution in [3.05, 3.63) is 57.6 Å². The van der Waals surface area contributed by atoms with E-state index in [1.165, 1.54) is 11.8 Å². The predicted octanol–water partition coefficient (Wildman–Crippen LogP) is 5.42. The van der Waals surface area contributed by atoms with E-state index in [4.69, 9.17) is 23.2 Å².